The Bertz CT molecular complexity index is 458. The molecule has 1 aromatic rings. The molecule has 1 aromatic carbocycles. The zero-order valence-corrected chi connectivity index (χ0v) is 10.5. The van der Waals surface area contributed by atoms with E-state index < -0.39 is 5.97 Å². The summed E-state index contributed by atoms with van der Waals surface area (Å²) in [4.78, 5) is 13.0. The van der Waals surface area contributed by atoms with Crippen LogP contribution in [0.2, 0.25) is 0 Å². The molecule has 0 bridgehead atoms. The lowest BCUT2D eigenvalue weighted by atomic mass is 9.83. The normalized spacial score (nSPS) is 25.7. The van der Waals surface area contributed by atoms with Gasteiger partial charge in [0, 0.05) is 18.8 Å². The van der Waals surface area contributed by atoms with E-state index in [1.165, 1.54) is 30.5 Å². The number of hydrogen-bond acceptors (Lipinski definition) is 2. The van der Waals surface area contributed by atoms with E-state index in [-0.39, 0.29) is 6.42 Å². The zero-order chi connectivity index (χ0) is 12.5. The summed E-state index contributed by atoms with van der Waals surface area (Å²) in [6, 6.07) is 8.54. The second-order valence-corrected chi connectivity index (χ2v) is 5.45. The number of benzene rings is 1. The number of carboxylic acid groups (broad SMARTS) is 1. The molecule has 1 N–H and O–H groups in total. The first-order valence-corrected chi connectivity index (χ1v) is 6.81. The van der Waals surface area contributed by atoms with E-state index in [9.17, 15) is 4.79 Å². The molecule has 0 aromatic heterocycles. The summed E-state index contributed by atoms with van der Waals surface area (Å²) in [5, 5.41) is 8.85. The number of aliphatic carboxylic acids is 1. The predicted octanol–water partition coefficient (Wildman–Crippen LogP) is 2.87. The third-order valence-corrected chi connectivity index (χ3v) is 4.39. The summed E-state index contributed by atoms with van der Waals surface area (Å²) >= 11 is 0. The fraction of sp³-hybridized carbons (Fsp3) is 0.533. The van der Waals surface area contributed by atoms with Gasteiger partial charge in [0.2, 0.25) is 0 Å². The lowest BCUT2D eigenvalue weighted by Crippen LogP contribution is -2.37. The maximum Gasteiger partial charge on any atom is 0.305 e. The van der Waals surface area contributed by atoms with Crippen molar-refractivity contribution in [3.05, 3.63) is 29.8 Å². The average Bonchev–Trinajstić information content (AvgIpc) is 2.84. The molecule has 0 radical (unpaired) electrons. The van der Waals surface area contributed by atoms with Crippen molar-refractivity contribution in [1.82, 2.24) is 0 Å². The van der Waals surface area contributed by atoms with Gasteiger partial charge in [-0.1, -0.05) is 24.6 Å². The zero-order valence-electron chi connectivity index (χ0n) is 10.5. The number of anilines is 1. The van der Waals surface area contributed by atoms with Crippen molar-refractivity contribution in [2.24, 2.45) is 5.92 Å². The molecule has 1 saturated carbocycles. The Morgan fingerprint density at radius 2 is 2.17 bits per heavy atom. The molecular formula is C15H19NO2. The SMILES string of the molecule is O=C(O)CCN1C[C@@H]2CCC[C@@H]2c2ccccc21. The molecule has 2 aliphatic rings. The summed E-state index contributed by atoms with van der Waals surface area (Å²) in [5.41, 5.74) is 2.71. The van der Waals surface area contributed by atoms with Crippen LogP contribution in [0.4, 0.5) is 5.69 Å². The highest BCUT2D eigenvalue weighted by Crippen LogP contribution is 2.47. The van der Waals surface area contributed by atoms with E-state index in [4.69, 9.17) is 5.11 Å². The molecule has 1 aliphatic carbocycles. The van der Waals surface area contributed by atoms with Crippen molar-refractivity contribution in [1.29, 1.82) is 0 Å². The van der Waals surface area contributed by atoms with Crippen LogP contribution in [0.15, 0.2) is 24.3 Å². The van der Waals surface area contributed by atoms with Crippen molar-refractivity contribution in [3.63, 3.8) is 0 Å². The van der Waals surface area contributed by atoms with Crippen molar-refractivity contribution in [3.8, 4) is 0 Å². The van der Waals surface area contributed by atoms with Crippen LogP contribution in [-0.4, -0.2) is 24.2 Å². The second-order valence-electron chi connectivity index (χ2n) is 5.45. The van der Waals surface area contributed by atoms with Crippen LogP contribution in [0.5, 0.6) is 0 Å². The van der Waals surface area contributed by atoms with Gasteiger partial charge in [-0.05, 0) is 36.3 Å². The van der Waals surface area contributed by atoms with Crippen molar-refractivity contribution in [2.75, 3.05) is 18.0 Å². The molecule has 0 unspecified atom stereocenters. The Kier molecular flexibility index (Phi) is 2.98. The third-order valence-electron chi connectivity index (χ3n) is 4.39. The number of carbonyl (C=O) groups is 1. The predicted molar refractivity (Wildman–Crippen MR) is 71.0 cm³/mol. The minimum atomic E-state index is -0.707. The lowest BCUT2D eigenvalue weighted by molar-refractivity contribution is -0.136. The molecule has 1 aliphatic heterocycles. The van der Waals surface area contributed by atoms with Crippen LogP contribution < -0.4 is 4.90 Å². The van der Waals surface area contributed by atoms with E-state index in [0.29, 0.717) is 12.5 Å². The van der Waals surface area contributed by atoms with Gasteiger partial charge in [-0.3, -0.25) is 4.79 Å². The summed E-state index contributed by atoms with van der Waals surface area (Å²) in [7, 11) is 0. The molecular weight excluding hydrogens is 226 g/mol. The summed E-state index contributed by atoms with van der Waals surface area (Å²) < 4.78 is 0. The second kappa shape index (κ2) is 4.63. The van der Waals surface area contributed by atoms with Crippen LogP contribution in [-0.2, 0) is 4.79 Å². The van der Waals surface area contributed by atoms with Gasteiger partial charge in [-0.15, -0.1) is 0 Å². The van der Waals surface area contributed by atoms with E-state index >= 15 is 0 Å². The van der Waals surface area contributed by atoms with Gasteiger partial charge >= 0.3 is 5.97 Å². The monoisotopic (exact) mass is 245 g/mol. The number of para-hydroxylation sites is 1. The first-order chi connectivity index (χ1) is 8.75. The lowest BCUT2D eigenvalue weighted by Gasteiger charge is -2.38. The number of hydrogen-bond donors (Lipinski definition) is 1. The molecule has 96 valence electrons. The number of fused-ring (bicyclic) bond motifs is 3. The van der Waals surface area contributed by atoms with Crippen molar-refractivity contribution < 1.29 is 9.90 Å². The van der Waals surface area contributed by atoms with Gasteiger partial charge in [0.15, 0.2) is 0 Å². The van der Waals surface area contributed by atoms with Crippen molar-refractivity contribution in [2.45, 2.75) is 31.6 Å². The highest BCUT2D eigenvalue weighted by molar-refractivity contribution is 5.68. The maximum absolute atomic E-state index is 10.8. The molecule has 0 amide bonds. The average molecular weight is 245 g/mol. The van der Waals surface area contributed by atoms with E-state index in [1.807, 2.05) is 0 Å². The minimum absolute atomic E-state index is 0.228. The molecule has 2 atom stereocenters. The topological polar surface area (TPSA) is 40.5 Å². The van der Waals surface area contributed by atoms with E-state index in [2.05, 4.69) is 29.2 Å². The number of nitrogens with zero attached hydrogens (tertiary/aromatic N) is 1. The van der Waals surface area contributed by atoms with Gasteiger partial charge in [-0.25, -0.2) is 0 Å². The summed E-state index contributed by atoms with van der Waals surface area (Å²) in [6.45, 7) is 1.67. The van der Waals surface area contributed by atoms with Crippen LogP contribution in [0.3, 0.4) is 0 Å². The molecule has 18 heavy (non-hydrogen) atoms. The van der Waals surface area contributed by atoms with Crippen LogP contribution in [0.25, 0.3) is 0 Å². The van der Waals surface area contributed by atoms with Gasteiger partial charge in [-0.2, -0.15) is 0 Å². The van der Waals surface area contributed by atoms with Gasteiger partial charge in [0.05, 0.1) is 6.42 Å². The minimum Gasteiger partial charge on any atom is -0.481 e. The Hall–Kier alpha value is -1.51. The van der Waals surface area contributed by atoms with Crippen LogP contribution in [0, 0.1) is 5.92 Å². The van der Waals surface area contributed by atoms with Crippen LogP contribution >= 0.6 is 0 Å². The summed E-state index contributed by atoms with van der Waals surface area (Å²) in [5.74, 6) is 0.733. The largest absolute Gasteiger partial charge is 0.481 e. The molecule has 3 nitrogen and oxygen atoms in total. The van der Waals surface area contributed by atoms with E-state index in [1.54, 1.807) is 0 Å². The molecule has 1 heterocycles. The number of carboxylic acids is 1. The molecule has 3 heteroatoms. The number of rotatable bonds is 3. The Balaban J connectivity index is 1.88. The molecule has 1 fully saturated rings. The highest BCUT2D eigenvalue weighted by Gasteiger charge is 2.36. The van der Waals surface area contributed by atoms with E-state index in [0.717, 1.165) is 12.5 Å². The molecule has 0 saturated heterocycles. The molecule has 3 rings (SSSR count). The standard InChI is InChI=1S/C15H19NO2/c17-15(18)8-9-16-10-11-4-3-6-12(11)13-5-1-2-7-14(13)16/h1-2,5,7,11-12H,3-4,6,8-10H2,(H,17,18)/t11-,12-/m0/s1. The third kappa shape index (κ3) is 1.98. The van der Waals surface area contributed by atoms with Gasteiger partial charge in [0.1, 0.15) is 0 Å². The van der Waals surface area contributed by atoms with Gasteiger partial charge < -0.3 is 10.0 Å². The fourth-order valence-corrected chi connectivity index (χ4v) is 3.58. The smallest absolute Gasteiger partial charge is 0.305 e. The van der Waals surface area contributed by atoms with Crippen LogP contribution in [0.1, 0.15) is 37.2 Å². The van der Waals surface area contributed by atoms with Gasteiger partial charge in [0.25, 0.3) is 0 Å². The highest BCUT2D eigenvalue weighted by atomic mass is 16.4. The Morgan fingerprint density at radius 1 is 1.33 bits per heavy atom. The first kappa shape index (κ1) is 11.6. The summed E-state index contributed by atoms with van der Waals surface area (Å²) in [6.07, 6.45) is 4.14. The fourth-order valence-electron chi connectivity index (χ4n) is 3.58. The van der Waals surface area contributed by atoms with Crippen molar-refractivity contribution >= 4 is 11.7 Å². The quantitative estimate of drug-likeness (QED) is 0.890. The Labute approximate surface area is 107 Å². The maximum atomic E-state index is 10.8. The Morgan fingerprint density at radius 3 is 3.00 bits per heavy atom. The first-order valence-electron chi connectivity index (χ1n) is 6.81. The molecule has 0 spiro atoms.